The molecule has 0 saturated heterocycles. The van der Waals surface area contributed by atoms with Crippen LogP contribution in [-0.4, -0.2) is 35.0 Å². The fraction of sp³-hybridized carbons (Fsp3) is 0.789. The Bertz CT molecular complexity index is 458. The van der Waals surface area contributed by atoms with Crippen LogP contribution in [0.4, 0.5) is 0 Å². The maximum Gasteiger partial charge on any atom is 0.0425 e. The summed E-state index contributed by atoms with van der Waals surface area (Å²) in [7, 11) is 4.41. The minimum Gasteiger partial charge on any atom is -0.374 e. The number of rotatable bonds is 2. The van der Waals surface area contributed by atoms with Crippen molar-refractivity contribution in [1.82, 2.24) is 9.80 Å². The van der Waals surface area contributed by atoms with Crippen LogP contribution in [0, 0.1) is 10.8 Å². The highest BCUT2D eigenvalue weighted by atomic mass is 15.2. The van der Waals surface area contributed by atoms with Crippen LogP contribution >= 0.6 is 0 Å². The molecule has 2 nitrogen and oxygen atoms in total. The van der Waals surface area contributed by atoms with Gasteiger partial charge in [0, 0.05) is 36.0 Å². The Kier molecular flexibility index (Phi) is 3.37. The third kappa shape index (κ3) is 1.98. The first-order valence-corrected chi connectivity index (χ1v) is 8.14. The smallest absolute Gasteiger partial charge is 0.0425 e. The van der Waals surface area contributed by atoms with Gasteiger partial charge < -0.3 is 9.80 Å². The maximum atomic E-state index is 2.39. The molecule has 2 heteroatoms. The van der Waals surface area contributed by atoms with E-state index in [9.17, 15) is 0 Å². The van der Waals surface area contributed by atoms with Gasteiger partial charge in [0.2, 0.25) is 0 Å². The lowest BCUT2D eigenvalue weighted by Gasteiger charge is -2.44. The van der Waals surface area contributed by atoms with Crippen LogP contribution in [0.5, 0.6) is 0 Å². The van der Waals surface area contributed by atoms with E-state index in [1.165, 1.54) is 0 Å². The first kappa shape index (κ1) is 16.5. The molecule has 0 amide bonds. The van der Waals surface area contributed by atoms with Crippen LogP contribution in [0.1, 0.15) is 61.8 Å². The largest absolute Gasteiger partial charge is 0.374 e. The van der Waals surface area contributed by atoms with Gasteiger partial charge in [-0.3, -0.25) is 0 Å². The quantitative estimate of drug-likeness (QED) is 0.730. The van der Waals surface area contributed by atoms with E-state index >= 15 is 0 Å². The second-order valence-electron chi connectivity index (χ2n) is 9.08. The minimum atomic E-state index is 0.174. The van der Waals surface area contributed by atoms with Crippen LogP contribution in [0.2, 0.25) is 0 Å². The molecule has 2 aliphatic rings. The SMILES string of the molecule is CN1C=C(CC2=CN(C)C(C)(C)C2(C)C)C(C)(C)C1(C)C. The highest BCUT2D eigenvalue weighted by molar-refractivity contribution is 5.36. The number of hydrogen-bond acceptors (Lipinski definition) is 2. The van der Waals surface area contributed by atoms with Gasteiger partial charge in [-0.15, -0.1) is 0 Å². The van der Waals surface area contributed by atoms with Crippen molar-refractivity contribution in [3.8, 4) is 0 Å². The zero-order valence-electron chi connectivity index (χ0n) is 15.8. The highest BCUT2D eigenvalue weighted by Gasteiger charge is 2.51. The summed E-state index contributed by atoms with van der Waals surface area (Å²) >= 11 is 0. The van der Waals surface area contributed by atoms with Crippen molar-refractivity contribution in [3.05, 3.63) is 23.5 Å². The van der Waals surface area contributed by atoms with Gasteiger partial charge in [-0.05, 0) is 57.7 Å². The van der Waals surface area contributed by atoms with Gasteiger partial charge in [-0.1, -0.05) is 27.7 Å². The average molecular weight is 290 g/mol. The summed E-state index contributed by atoms with van der Waals surface area (Å²) in [6, 6.07) is 0. The van der Waals surface area contributed by atoms with Crippen molar-refractivity contribution in [2.75, 3.05) is 14.1 Å². The van der Waals surface area contributed by atoms with Crippen molar-refractivity contribution < 1.29 is 0 Å². The Morgan fingerprint density at radius 1 is 0.667 bits per heavy atom. The molecule has 0 aromatic carbocycles. The lowest BCUT2D eigenvalue weighted by atomic mass is 9.66. The summed E-state index contributed by atoms with van der Waals surface area (Å²) in [4.78, 5) is 4.78. The van der Waals surface area contributed by atoms with E-state index < -0.39 is 0 Å². The Labute approximate surface area is 131 Å². The summed E-state index contributed by atoms with van der Waals surface area (Å²) < 4.78 is 0. The van der Waals surface area contributed by atoms with Crippen molar-refractivity contribution in [2.45, 2.75) is 72.9 Å². The third-order valence-electron chi connectivity index (χ3n) is 7.51. The second kappa shape index (κ2) is 4.30. The van der Waals surface area contributed by atoms with E-state index in [1.54, 1.807) is 11.1 Å². The van der Waals surface area contributed by atoms with Gasteiger partial charge in [-0.2, -0.15) is 0 Å². The van der Waals surface area contributed by atoms with Crippen molar-refractivity contribution in [3.63, 3.8) is 0 Å². The predicted octanol–water partition coefficient (Wildman–Crippen LogP) is 4.64. The molecule has 0 atom stereocenters. The van der Waals surface area contributed by atoms with E-state index in [4.69, 9.17) is 0 Å². The lowest BCUT2D eigenvalue weighted by molar-refractivity contribution is 0.121. The van der Waals surface area contributed by atoms with Crippen LogP contribution < -0.4 is 0 Å². The molecule has 0 aliphatic carbocycles. The molecule has 0 unspecified atom stereocenters. The van der Waals surface area contributed by atoms with Crippen molar-refractivity contribution in [1.29, 1.82) is 0 Å². The maximum absolute atomic E-state index is 2.39. The zero-order valence-corrected chi connectivity index (χ0v) is 15.8. The molecule has 0 aromatic rings. The van der Waals surface area contributed by atoms with Crippen LogP contribution in [0.3, 0.4) is 0 Å². The molecule has 2 rings (SSSR count). The van der Waals surface area contributed by atoms with Crippen molar-refractivity contribution in [2.24, 2.45) is 10.8 Å². The average Bonchev–Trinajstić information content (AvgIpc) is 2.57. The van der Waals surface area contributed by atoms with Gasteiger partial charge in [0.25, 0.3) is 0 Å². The molecule has 0 bridgehead atoms. The molecule has 2 aliphatic heterocycles. The van der Waals surface area contributed by atoms with Gasteiger partial charge in [-0.25, -0.2) is 0 Å². The summed E-state index contributed by atoms with van der Waals surface area (Å²) in [5.74, 6) is 0. The second-order valence-corrected chi connectivity index (χ2v) is 9.08. The normalized spacial score (nSPS) is 28.7. The molecule has 120 valence electrons. The van der Waals surface area contributed by atoms with Crippen LogP contribution in [0.25, 0.3) is 0 Å². The fourth-order valence-corrected chi connectivity index (χ4v) is 3.52. The Morgan fingerprint density at radius 2 is 0.952 bits per heavy atom. The number of nitrogens with zero attached hydrogens (tertiary/aromatic N) is 2. The van der Waals surface area contributed by atoms with Gasteiger partial charge >= 0.3 is 0 Å². The predicted molar refractivity (Wildman–Crippen MR) is 92.0 cm³/mol. The van der Waals surface area contributed by atoms with Crippen LogP contribution in [0.15, 0.2) is 23.5 Å². The first-order chi connectivity index (χ1) is 9.26. The monoisotopic (exact) mass is 290 g/mol. The summed E-state index contributed by atoms with van der Waals surface area (Å²) in [6.07, 6.45) is 5.84. The third-order valence-corrected chi connectivity index (χ3v) is 7.51. The molecule has 0 saturated carbocycles. The fourth-order valence-electron chi connectivity index (χ4n) is 3.52. The zero-order chi connectivity index (χ0) is 16.4. The van der Waals surface area contributed by atoms with E-state index in [-0.39, 0.29) is 21.9 Å². The van der Waals surface area contributed by atoms with Gasteiger partial charge in [0.15, 0.2) is 0 Å². The molecule has 0 spiro atoms. The molecule has 0 fully saturated rings. The molecule has 2 heterocycles. The van der Waals surface area contributed by atoms with E-state index in [0.29, 0.717) is 0 Å². The van der Waals surface area contributed by atoms with E-state index in [2.05, 4.69) is 91.7 Å². The standard InChI is InChI=1S/C19H34N2/c1-16(2)14(12-20(9)18(16,5)6)11-15-13-21(10)19(7,8)17(15,3)4/h12-13H,11H2,1-10H3. The molecular formula is C19H34N2. The summed E-state index contributed by atoms with van der Waals surface area (Å²) in [5.41, 5.74) is 3.86. The Morgan fingerprint density at radius 3 is 1.14 bits per heavy atom. The van der Waals surface area contributed by atoms with E-state index in [0.717, 1.165) is 6.42 Å². The molecule has 0 N–H and O–H groups in total. The molecule has 0 radical (unpaired) electrons. The molecule has 0 aromatic heterocycles. The minimum absolute atomic E-state index is 0.174. The molecular weight excluding hydrogens is 256 g/mol. The number of hydrogen-bond donors (Lipinski definition) is 0. The summed E-state index contributed by atoms with van der Waals surface area (Å²) in [5, 5.41) is 0. The highest BCUT2D eigenvalue weighted by Crippen LogP contribution is 2.54. The van der Waals surface area contributed by atoms with Gasteiger partial charge in [0.05, 0.1) is 0 Å². The van der Waals surface area contributed by atoms with Crippen molar-refractivity contribution >= 4 is 0 Å². The summed E-state index contributed by atoms with van der Waals surface area (Å²) in [6.45, 7) is 18.9. The van der Waals surface area contributed by atoms with E-state index in [1.807, 2.05) is 0 Å². The Hall–Kier alpha value is -0.920. The topological polar surface area (TPSA) is 6.48 Å². The molecule has 21 heavy (non-hydrogen) atoms. The van der Waals surface area contributed by atoms with Crippen LogP contribution in [-0.2, 0) is 0 Å². The van der Waals surface area contributed by atoms with Gasteiger partial charge in [0.1, 0.15) is 0 Å². The first-order valence-electron chi connectivity index (χ1n) is 8.14. The Balaban J connectivity index is 2.33. The lowest BCUT2D eigenvalue weighted by Crippen LogP contribution is -2.46.